The summed E-state index contributed by atoms with van der Waals surface area (Å²) in [4.78, 5) is 13.2. The highest BCUT2D eigenvalue weighted by Crippen LogP contribution is 2.35. The molecular weight excluding hydrogens is 511 g/mol. The molecule has 1 heterocycles. The summed E-state index contributed by atoms with van der Waals surface area (Å²) in [6.07, 6.45) is 3.37. The van der Waals surface area contributed by atoms with E-state index in [9.17, 15) is 4.79 Å². The summed E-state index contributed by atoms with van der Waals surface area (Å²) in [5.41, 5.74) is 4.48. The molecule has 1 saturated carbocycles. The zero-order chi connectivity index (χ0) is 22.1. The minimum atomic E-state index is -0.139. The molecule has 32 heavy (non-hydrogen) atoms. The molecule has 3 atom stereocenters. The average molecular weight is 546 g/mol. The highest BCUT2D eigenvalue weighted by molar-refractivity contribution is 5.79. The van der Waals surface area contributed by atoms with E-state index in [1.807, 2.05) is 12.1 Å². The van der Waals surface area contributed by atoms with E-state index in [4.69, 9.17) is 4.74 Å². The number of nitrogens with zero attached hydrogens (tertiary/aromatic N) is 2. The number of aryl methyl sites for hydroxylation is 2. The largest absolute Gasteiger partial charge is 1.00 e. The van der Waals surface area contributed by atoms with Gasteiger partial charge in [-0.2, -0.15) is 0 Å². The maximum atomic E-state index is 13.2. The van der Waals surface area contributed by atoms with E-state index in [0.29, 0.717) is 17.8 Å². The van der Waals surface area contributed by atoms with Crippen molar-refractivity contribution in [3.05, 3.63) is 54.1 Å². The lowest BCUT2D eigenvalue weighted by Gasteiger charge is -2.36. The minimum Gasteiger partial charge on any atom is -1.00 e. The normalized spacial score (nSPS) is 20.9. The predicted molar refractivity (Wildman–Crippen MR) is 125 cm³/mol. The van der Waals surface area contributed by atoms with Crippen LogP contribution in [0.2, 0.25) is 0 Å². The fourth-order valence-electron chi connectivity index (χ4n) is 5.18. The summed E-state index contributed by atoms with van der Waals surface area (Å²) in [5.74, 6) is 2.48. The predicted octanol–water partition coefficient (Wildman–Crippen LogP) is 2.45. The van der Waals surface area contributed by atoms with Crippen LogP contribution in [0.4, 0.5) is 0 Å². The standard InChI is InChI=1S/C27H35N2O2.HI/c1-18(2)22-15-12-20(4)16-25(22)31-26(30)17-29-24-9-7-6-8-23(24)28(5)27(29)21-13-10-19(3)11-14-21;/h6-11,13-14,18,20,22,25H,12,15-17H2,1-5H3;1H/q+1;/p-1/t20-,22+,25-;/m1./s1. The SMILES string of the molecule is Cc1ccc(-c2n(CC(=O)O[C@@H]3C[C@H](C)CC[C@H]3C(C)C)c3ccccc3[n+]2C)cc1.[I-]. The van der Waals surface area contributed by atoms with Gasteiger partial charge in [0, 0.05) is 0 Å². The molecular formula is C27H35IN2O2. The van der Waals surface area contributed by atoms with Crippen LogP contribution in [-0.2, 0) is 23.1 Å². The molecule has 3 aromatic rings. The molecule has 5 heteroatoms. The molecule has 0 amide bonds. The number of esters is 1. The van der Waals surface area contributed by atoms with Crippen LogP contribution in [0.1, 0.15) is 45.6 Å². The third-order valence-corrected chi connectivity index (χ3v) is 6.95. The molecule has 0 bridgehead atoms. The third-order valence-electron chi connectivity index (χ3n) is 6.95. The Morgan fingerprint density at radius 1 is 1.12 bits per heavy atom. The van der Waals surface area contributed by atoms with Crippen LogP contribution in [0.5, 0.6) is 0 Å². The zero-order valence-electron chi connectivity index (χ0n) is 19.8. The van der Waals surface area contributed by atoms with Crippen molar-refractivity contribution in [2.24, 2.45) is 24.8 Å². The molecule has 0 aliphatic heterocycles. The molecule has 0 saturated heterocycles. The first-order valence-corrected chi connectivity index (χ1v) is 11.6. The summed E-state index contributed by atoms with van der Waals surface area (Å²) < 4.78 is 10.4. The maximum absolute atomic E-state index is 13.2. The smallest absolute Gasteiger partial charge is 0.348 e. The number of carbonyl (C=O) groups excluding carboxylic acids is 1. The van der Waals surface area contributed by atoms with Crippen LogP contribution in [0.25, 0.3) is 22.4 Å². The molecule has 4 nitrogen and oxygen atoms in total. The lowest BCUT2D eigenvalue weighted by Crippen LogP contribution is -3.00. The number of fused-ring (bicyclic) bond motifs is 1. The van der Waals surface area contributed by atoms with Crippen molar-refractivity contribution in [2.75, 3.05) is 0 Å². The number of benzene rings is 2. The first-order valence-electron chi connectivity index (χ1n) is 11.6. The summed E-state index contributed by atoms with van der Waals surface area (Å²) in [5, 5.41) is 0. The number of para-hydroxylation sites is 2. The van der Waals surface area contributed by atoms with E-state index in [2.05, 4.69) is 80.3 Å². The zero-order valence-corrected chi connectivity index (χ0v) is 22.0. The second-order valence-electron chi connectivity index (χ2n) is 9.68. The van der Waals surface area contributed by atoms with Crippen molar-refractivity contribution >= 4 is 17.0 Å². The average Bonchev–Trinajstić information content (AvgIpc) is 3.00. The van der Waals surface area contributed by atoms with Gasteiger partial charge in [0.1, 0.15) is 6.10 Å². The molecule has 4 rings (SSSR count). The second kappa shape index (κ2) is 10.4. The Morgan fingerprint density at radius 3 is 2.50 bits per heavy atom. The third kappa shape index (κ3) is 5.03. The molecule has 2 aromatic carbocycles. The van der Waals surface area contributed by atoms with Crippen LogP contribution >= 0.6 is 0 Å². The van der Waals surface area contributed by atoms with Crippen molar-refractivity contribution in [1.82, 2.24) is 4.57 Å². The van der Waals surface area contributed by atoms with E-state index in [1.165, 1.54) is 12.0 Å². The molecule has 1 aromatic heterocycles. The van der Waals surface area contributed by atoms with Crippen LogP contribution in [0, 0.1) is 24.7 Å². The van der Waals surface area contributed by atoms with Crippen molar-refractivity contribution in [3.63, 3.8) is 0 Å². The van der Waals surface area contributed by atoms with Gasteiger partial charge in [0.05, 0.1) is 12.6 Å². The first-order chi connectivity index (χ1) is 14.8. The Morgan fingerprint density at radius 2 is 1.81 bits per heavy atom. The number of ether oxygens (including phenoxy) is 1. The maximum Gasteiger partial charge on any atom is 0.348 e. The van der Waals surface area contributed by atoms with E-state index in [1.54, 1.807) is 0 Å². The Labute approximate surface area is 209 Å². The van der Waals surface area contributed by atoms with Gasteiger partial charge in [-0.05, 0) is 61.8 Å². The lowest BCUT2D eigenvalue weighted by molar-refractivity contribution is -0.634. The van der Waals surface area contributed by atoms with E-state index in [0.717, 1.165) is 35.3 Å². The Hall–Kier alpha value is -1.89. The highest BCUT2D eigenvalue weighted by Gasteiger charge is 2.34. The molecule has 172 valence electrons. The number of imidazole rings is 1. The minimum absolute atomic E-state index is 0. The van der Waals surface area contributed by atoms with Gasteiger partial charge in [-0.25, -0.2) is 13.9 Å². The lowest BCUT2D eigenvalue weighted by atomic mass is 9.75. The van der Waals surface area contributed by atoms with Gasteiger partial charge in [-0.15, -0.1) is 0 Å². The molecule has 0 unspecified atom stereocenters. The summed E-state index contributed by atoms with van der Waals surface area (Å²) in [6.45, 7) is 9.08. The van der Waals surface area contributed by atoms with E-state index in [-0.39, 0.29) is 42.6 Å². The van der Waals surface area contributed by atoms with Crippen molar-refractivity contribution in [2.45, 2.75) is 59.6 Å². The molecule has 0 radical (unpaired) electrons. The number of rotatable bonds is 5. The van der Waals surface area contributed by atoms with Gasteiger partial charge >= 0.3 is 5.97 Å². The van der Waals surface area contributed by atoms with Crippen LogP contribution in [-0.4, -0.2) is 16.6 Å². The quantitative estimate of drug-likeness (QED) is 0.280. The van der Waals surface area contributed by atoms with Gasteiger partial charge in [0.25, 0.3) is 5.82 Å². The van der Waals surface area contributed by atoms with Gasteiger partial charge in [-0.3, -0.25) is 0 Å². The summed E-state index contributed by atoms with van der Waals surface area (Å²) >= 11 is 0. The topological polar surface area (TPSA) is 35.1 Å². The molecule has 0 spiro atoms. The molecule has 1 aliphatic rings. The van der Waals surface area contributed by atoms with Gasteiger partial charge in [0.15, 0.2) is 17.6 Å². The number of aromatic nitrogens is 2. The second-order valence-corrected chi connectivity index (χ2v) is 9.68. The number of hydrogen-bond acceptors (Lipinski definition) is 2. The fourth-order valence-corrected chi connectivity index (χ4v) is 5.18. The molecule has 1 aliphatic carbocycles. The van der Waals surface area contributed by atoms with Gasteiger partial charge < -0.3 is 28.7 Å². The van der Waals surface area contributed by atoms with Crippen molar-refractivity contribution in [3.8, 4) is 11.4 Å². The highest BCUT2D eigenvalue weighted by atomic mass is 127. The fraction of sp³-hybridized carbons (Fsp3) is 0.481. The van der Waals surface area contributed by atoms with E-state index >= 15 is 0 Å². The first kappa shape index (κ1) is 24.7. The van der Waals surface area contributed by atoms with Crippen LogP contribution in [0.3, 0.4) is 0 Å². The number of carbonyl (C=O) groups is 1. The van der Waals surface area contributed by atoms with Crippen LogP contribution < -0.4 is 28.5 Å². The molecule has 0 N–H and O–H groups in total. The Balaban J connectivity index is 0.00000289. The van der Waals surface area contributed by atoms with Gasteiger partial charge in [-0.1, -0.05) is 57.0 Å². The monoisotopic (exact) mass is 546 g/mol. The summed E-state index contributed by atoms with van der Waals surface area (Å²) in [6, 6.07) is 16.7. The van der Waals surface area contributed by atoms with Crippen molar-refractivity contribution < 1.29 is 38.1 Å². The Bertz CT molecular complexity index is 1070. The van der Waals surface area contributed by atoms with Crippen molar-refractivity contribution in [1.29, 1.82) is 0 Å². The Kier molecular flexibility index (Phi) is 8.01. The molecule has 1 fully saturated rings. The van der Waals surface area contributed by atoms with E-state index < -0.39 is 0 Å². The van der Waals surface area contributed by atoms with Crippen LogP contribution in [0.15, 0.2) is 48.5 Å². The summed E-state index contributed by atoms with van der Waals surface area (Å²) in [7, 11) is 2.07. The number of hydrogen-bond donors (Lipinski definition) is 0. The number of halogens is 1. The van der Waals surface area contributed by atoms with Gasteiger partial charge in [0.2, 0.25) is 0 Å².